The molecule has 0 spiro atoms. The molecule has 0 aliphatic rings. The topological polar surface area (TPSA) is 42.7 Å². The van der Waals surface area contributed by atoms with Gasteiger partial charge >= 0.3 is 0 Å². The van der Waals surface area contributed by atoms with Gasteiger partial charge in [0.05, 0.1) is 6.54 Å². The molecule has 0 radical (unpaired) electrons. The van der Waals surface area contributed by atoms with Gasteiger partial charge in [0.15, 0.2) is 17.3 Å². The zero-order valence-corrected chi connectivity index (χ0v) is 10.8. The Kier molecular flexibility index (Phi) is 3.06. The van der Waals surface area contributed by atoms with E-state index in [2.05, 4.69) is 15.3 Å². The molecule has 2 aromatic heterocycles. The van der Waals surface area contributed by atoms with E-state index in [1.807, 2.05) is 10.6 Å². The molecule has 0 saturated carbocycles. The van der Waals surface area contributed by atoms with E-state index in [1.54, 1.807) is 25.4 Å². The molecule has 1 N–H and O–H groups in total. The molecule has 0 fully saturated rings. The molecule has 3 rings (SSSR count). The second-order valence-corrected chi connectivity index (χ2v) is 4.37. The average Bonchev–Trinajstić information content (AvgIpc) is 2.81. The molecular weight excluding hydrogens is 262 g/mol. The molecule has 102 valence electrons. The summed E-state index contributed by atoms with van der Waals surface area (Å²) in [7, 11) is 1.75. The third kappa shape index (κ3) is 2.09. The number of fused-ring (bicyclic) bond motifs is 1. The highest BCUT2D eigenvalue weighted by atomic mass is 19.2. The van der Waals surface area contributed by atoms with Crippen molar-refractivity contribution in [3.8, 4) is 0 Å². The van der Waals surface area contributed by atoms with Crippen LogP contribution >= 0.6 is 0 Å². The van der Waals surface area contributed by atoms with Crippen LogP contribution in [-0.2, 0) is 6.54 Å². The van der Waals surface area contributed by atoms with Gasteiger partial charge in [-0.05, 0) is 29.8 Å². The number of halogens is 2. The van der Waals surface area contributed by atoms with Crippen LogP contribution in [0.4, 0.5) is 14.7 Å². The quantitative estimate of drug-likeness (QED) is 0.798. The molecule has 6 heteroatoms. The first-order chi connectivity index (χ1) is 9.69. The number of aromatic nitrogens is 3. The van der Waals surface area contributed by atoms with Crippen LogP contribution in [0.25, 0.3) is 11.2 Å². The predicted molar refractivity (Wildman–Crippen MR) is 72.5 cm³/mol. The smallest absolute Gasteiger partial charge is 0.205 e. The first-order valence-corrected chi connectivity index (χ1v) is 6.12. The maximum absolute atomic E-state index is 13.3. The number of nitrogens with zero attached hydrogens (tertiary/aromatic N) is 3. The normalized spacial score (nSPS) is 10.9. The van der Waals surface area contributed by atoms with Gasteiger partial charge in [0, 0.05) is 13.2 Å². The van der Waals surface area contributed by atoms with Gasteiger partial charge in [0.1, 0.15) is 5.52 Å². The van der Waals surface area contributed by atoms with Gasteiger partial charge in [-0.15, -0.1) is 0 Å². The van der Waals surface area contributed by atoms with Gasteiger partial charge < -0.3 is 5.32 Å². The molecule has 0 unspecified atom stereocenters. The number of hydrogen-bond donors (Lipinski definition) is 1. The summed E-state index contributed by atoms with van der Waals surface area (Å²) >= 11 is 0. The van der Waals surface area contributed by atoms with Crippen LogP contribution in [0.15, 0.2) is 36.5 Å². The zero-order valence-electron chi connectivity index (χ0n) is 10.8. The Morgan fingerprint density at radius 1 is 1.20 bits per heavy atom. The highest BCUT2D eigenvalue weighted by Gasteiger charge is 2.11. The lowest BCUT2D eigenvalue weighted by molar-refractivity contribution is 0.506. The molecule has 0 aliphatic heterocycles. The van der Waals surface area contributed by atoms with Crippen molar-refractivity contribution in [2.24, 2.45) is 0 Å². The zero-order chi connectivity index (χ0) is 14.1. The summed E-state index contributed by atoms with van der Waals surface area (Å²) in [5.74, 6) is -1.08. The Morgan fingerprint density at radius 3 is 2.80 bits per heavy atom. The first-order valence-electron chi connectivity index (χ1n) is 6.12. The molecule has 0 aliphatic carbocycles. The molecule has 0 saturated heterocycles. The number of rotatable bonds is 3. The van der Waals surface area contributed by atoms with Gasteiger partial charge in [0.2, 0.25) is 5.95 Å². The van der Waals surface area contributed by atoms with Crippen molar-refractivity contribution < 1.29 is 8.78 Å². The number of hydrogen-bond acceptors (Lipinski definition) is 3. The van der Waals surface area contributed by atoms with E-state index in [0.717, 1.165) is 11.6 Å². The number of benzene rings is 1. The maximum Gasteiger partial charge on any atom is 0.205 e. The molecule has 2 heterocycles. The number of imidazole rings is 1. The minimum absolute atomic E-state index is 0.362. The van der Waals surface area contributed by atoms with Gasteiger partial charge in [-0.25, -0.2) is 18.7 Å². The van der Waals surface area contributed by atoms with Gasteiger partial charge in [-0.1, -0.05) is 6.07 Å². The van der Waals surface area contributed by atoms with Crippen molar-refractivity contribution in [1.29, 1.82) is 0 Å². The van der Waals surface area contributed by atoms with E-state index in [9.17, 15) is 8.78 Å². The lowest BCUT2D eigenvalue weighted by Crippen LogP contribution is -2.06. The van der Waals surface area contributed by atoms with Crippen LogP contribution < -0.4 is 5.32 Å². The molecule has 3 aromatic rings. The molecular formula is C14H12F2N4. The summed E-state index contributed by atoms with van der Waals surface area (Å²) < 4.78 is 28.1. The van der Waals surface area contributed by atoms with E-state index in [1.165, 1.54) is 6.07 Å². The third-order valence-corrected chi connectivity index (χ3v) is 3.05. The monoisotopic (exact) mass is 274 g/mol. The molecule has 0 amide bonds. The summed E-state index contributed by atoms with van der Waals surface area (Å²) in [5, 5.41) is 2.98. The summed E-state index contributed by atoms with van der Waals surface area (Å²) in [5.41, 5.74) is 2.09. The van der Waals surface area contributed by atoms with Crippen LogP contribution in [0, 0.1) is 11.6 Å². The number of anilines is 1. The van der Waals surface area contributed by atoms with Crippen LogP contribution in [0.5, 0.6) is 0 Å². The molecule has 20 heavy (non-hydrogen) atoms. The van der Waals surface area contributed by atoms with Crippen molar-refractivity contribution in [3.63, 3.8) is 0 Å². The van der Waals surface area contributed by atoms with Gasteiger partial charge in [-0.3, -0.25) is 4.57 Å². The average molecular weight is 274 g/mol. The highest BCUT2D eigenvalue weighted by molar-refractivity contribution is 5.74. The predicted octanol–water partition coefficient (Wildman–Crippen LogP) is 2.80. The van der Waals surface area contributed by atoms with Crippen LogP contribution in [0.1, 0.15) is 5.56 Å². The first kappa shape index (κ1) is 12.5. The van der Waals surface area contributed by atoms with Crippen molar-refractivity contribution in [1.82, 2.24) is 14.5 Å². The maximum atomic E-state index is 13.3. The lowest BCUT2D eigenvalue weighted by Gasteiger charge is -2.08. The molecule has 0 bridgehead atoms. The molecule has 4 nitrogen and oxygen atoms in total. The highest BCUT2D eigenvalue weighted by Crippen LogP contribution is 2.19. The van der Waals surface area contributed by atoms with Gasteiger partial charge in [0.25, 0.3) is 0 Å². The summed E-state index contributed by atoms with van der Waals surface area (Å²) in [4.78, 5) is 8.67. The summed E-state index contributed by atoms with van der Waals surface area (Å²) in [6.45, 7) is 0.362. The van der Waals surface area contributed by atoms with Crippen LogP contribution in [0.2, 0.25) is 0 Å². The van der Waals surface area contributed by atoms with Crippen molar-refractivity contribution >= 4 is 17.1 Å². The fourth-order valence-corrected chi connectivity index (χ4v) is 2.12. The fourth-order valence-electron chi connectivity index (χ4n) is 2.12. The van der Waals surface area contributed by atoms with E-state index in [0.29, 0.717) is 23.7 Å². The lowest BCUT2D eigenvalue weighted by atomic mass is 10.2. The Labute approximate surface area is 114 Å². The Morgan fingerprint density at radius 2 is 2.05 bits per heavy atom. The van der Waals surface area contributed by atoms with E-state index >= 15 is 0 Å². The van der Waals surface area contributed by atoms with Crippen LogP contribution in [0.3, 0.4) is 0 Å². The largest absolute Gasteiger partial charge is 0.359 e. The van der Waals surface area contributed by atoms with Gasteiger partial charge in [-0.2, -0.15) is 0 Å². The standard InChI is InChI=1S/C14H12F2N4/c1-17-14-19-12-3-2-6-18-13(12)20(14)8-9-4-5-10(15)11(16)7-9/h2-7H,8H2,1H3,(H,17,19). The van der Waals surface area contributed by atoms with Crippen molar-refractivity contribution in [3.05, 3.63) is 53.7 Å². The minimum atomic E-state index is -0.856. The van der Waals surface area contributed by atoms with Crippen LogP contribution in [-0.4, -0.2) is 21.6 Å². The second-order valence-electron chi connectivity index (χ2n) is 4.37. The molecule has 0 atom stereocenters. The Bertz CT molecular complexity index is 767. The number of nitrogens with one attached hydrogen (secondary N) is 1. The van der Waals surface area contributed by atoms with Crippen molar-refractivity contribution in [2.45, 2.75) is 6.54 Å². The SMILES string of the molecule is CNc1nc2cccnc2n1Cc1ccc(F)c(F)c1. The summed E-state index contributed by atoms with van der Waals surface area (Å²) in [6, 6.07) is 7.51. The Hall–Kier alpha value is -2.50. The van der Waals surface area contributed by atoms with E-state index < -0.39 is 11.6 Å². The second kappa shape index (κ2) is 4.88. The third-order valence-electron chi connectivity index (χ3n) is 3.05. The Balaban J connectivity index is 2.07. The van der Waals surface area contributed by atoms with Crippen molar-refractivity contribution in [2.75, 3.05) is 12.4 Å². The summed E-state index contributed by atoms with van der Waals surface area (Å²) in [6.07, 6.45) is 1.67. The minimum Gasteiger partial charge on any atom is -0.359 e. The molecule has 1 aromatic carbocycles. The van der Waals surface area contributed by atoms with E-state index in [-0.39, 0.29) is 0 Å². The fraction of sp³-hybridized carbons (Fsp3) is 0.143. The number of pyridine rings is 1. The van der Waals surface area contributed by atoms with E-state index in [4.69, 9.17) is 0 Å².